The van der Waals surface area contributed by atoms with Crippen LogP contribution in [0, 0.1) is 6.92 Å². The number of nitrogens with one attached hydrogen (secondary N) is 1. The van der Waals surface area contributed by atoms with E-state index in [1.165, 1.54) is 17.3 Å². The monoisotopic (exact) mass is 350 g/mol. The third kappa shape index (κ3) is 5.83. The highest BCUT2D eigenvalue weighted by Crippen LogP contribution is 2.17. The summed E-state index contributed by atoms with van der Waals surface area (Å²) in [7, 11) is 0. The molecule has 2 rings (SSSR count). The predicted octanol–water partition coefficient (Wildman–Crippen LogP) is 2.15. The van der Waals surface area contributed by atoms with Gasteiger partial charge in [-0.15, -0.1) is 11.8 Å². The zero-order valence-corrected chi connectivity index (χ0v) is 15.2. The maximum atomic E-state index is 12.1. The fourth-order valence-electron chi connectivity index (χ4n) is 2.59. The molecule has 1 aromatic rings. The Kier molecular flexibility index (Phi) is 7.59. The number of carbonyl (C=O) groups is 2. The van der Waals surface area contributed by atoms with Crippen LogP contribution in [0.2, 0.25) is 0 Å². The molecule has 1 atom stereocenters. The standard InChI is InChI=1S/C18H26N2O3S/c1-3-16(15-6-4-14(2)5-7-15)19-17(21)12-24-13-18(22)20-8-10-23-11-9-20/h4-7,16H,3,8-13H2,1-2H3,(H,19,21)/t16-/m1/s1. The molecule has 1 aromatic carbocycles. The van der Waals surface area contributed by atoms with Crippen molar-refractivity contribution in [3.05, 3.63) is 35.4 Å². The number of hydrogen-bond donors (Lipinski definition) is 1. The van der Waals surface area contributed by atoms with Gasteiger partial charge in [-0.25, -0.2) is 0 Å². The summed E-state index contributed by atoms with van der Waals surface area (Å²) in [5.41, 5.74) is 2.32. The lowest BCUT2D eigenvalue weighted by Crippen LogP contribution is -2.41. The first kappa shape index (κ1) is 18.8. The lowest BCUT2D eigenvalue weighted by molar-refractivity contribution is -0.132. The Bertz CT molecular complexity index is 542. The Balaban J connectivity index is 1.73. The summed E-state index contributed by atoms with van der Waals surface area (Å²) < 4.78 is 5.23. The second-order valence-corrected chi connectivity index (χ2v) is 6.91. The van der Waals surface area contributed by atoms with E-state index in [-0.39, 0.29) is 17.9 Å². The smallest absolute Gasteiger partial charge is 0.232 e. The second-order valence-electron chi connectivity index (χ2n) is 5.92. The minimum atomic E-state index is -0.0257. The number of carbonyl (C=O) groups excluding carboxylic acids is 2. The van der Waals surface area contributed by atoms with E-state index in [0.717, 1.165) is 12.0 Å². The lowest BCUT2D eigenvalue weighted by Gasteiger charge is -2.26. The fourth-order valence-corrected chi connectivity index (χ4v) is 3.32. The van der Waals surface area contributed by atoms with Crippen LogP contribution in [-0.4, -0.2) is 54.5 Å². The zero-order valence-electron chi connectivity index (χ0n) is 14.4. The number of nitrogens with zero attached hydrogens (tertiary/aromatic N) is 1. The average molecular weight is 350 g/mol. The number of morpholine rings is 1. The Hall–Kier alpha value is -1.53. The van der Waals surface area contributed by atoms with Gasteiger partial charge in [0.2, 0.25) is 11.8 Å². The molecule has 0 aromatic heterocycles. The van der Waals surface area contributed by atoms with Crippen molar-refractivity contribution in [1.29, 1.82) is 0 Å². The number of aryl methyl sites for hydroxylation is 1. The van der Waals surface area contributed by atoms with E-state index in [2.05, 4.69) is 36.5 Å². The van der Waals surface area contributed by atoms with E-state index in [9.17, 15) is 9.59 Å². The molecule has 1 aliphatic heterocycles. The van der Waals surface area contributed by atoms with Crippen molar-refractivity contribution in [2.24, 2.45) is 0 Å². The molecule has 132 valence electrons. The van der Waals surface area contributed by atoms with Crippen molar-refractivity contribution in [1.82, 2.24) is 10.2 Å². The molecule has 0 saturated carbocycles. The minimum Gasteiger partial charge on any atom is -0.378 e. The van der Waals surface area contributed by atoms with E-state index in [4.69, 9.17) is 4.74 Å². The van der Waals surface area contributed by atoms with Crippen LogP contribution < -0.4 is 5.32 Å². The summed E-state index contributed by atoms with van der Waals surface area (Å²) in [5.74, 6) is 0.705. The molecule has 0 unspecified atom stereocenters. The first-order chi connectivity index (χ1) is 11.6. The van der Waals surface area contributed by atoms with Gasteiger partial charge in [-0.2, -0.15) is 0 Å². The van der Waals surface area contributed by atoms with Crippen molar-refractivity contribution in [2.45, 2.75) is 26.3 Å². The number of amides is 2. The molecule has 5 nitrogen and oxygen atoms in total. The number of rotatable bonds is 7. The van der Waals surface area contributed by atoms with Gasteiger partial charge in [-0.1, -0.05) is 36.8 Å². The molecule has 0 bridgehead atoms. The lowest BCUT2D eigenvalue weighted by atomic mass is 10.0. The van der Waals surface area contributed by atoms with Crippen LogP contribution in [0.1, 0.15) is 30.5 Å². The Labute approximate surface area is 148 Å². The maximum absolute atomic E-state index is 12.1. The Morgan fingerprint density at radius 3 is 2.50 bits per heavy atom. The van der Waals surface area contributed by atoms with Crippen LogP contribution in [0.15, 0.2) is 24.3 Å². The largest absolute Gasteiger partial charge is 0.378 e. The van der Waals surface area contributed by atoms with Gasteiger partial charge in [0.1, 0.15) is 0 Å². The van der Waals surface area contributed by atoms with Gasteiger partial charge in [0.05, 0.1) is 30.8 Å². The van der Waals surface area contributed by atoms with Gasteiger partial charge in [0.15, 0.2) is 0 Å². The summed E-state index contributed by atoms with van der Waals surface area (Å²) in [6.07, 6.45) is 0.839. The second kappa shape index (κ2) is 9.69. The number of benzene rings is 1. The van der Waals surface area contributed by atoms with Crippen LogP contribution in [0.3, 0.4) is 0 Å². The molecule has 2 amide bonds. The molecule has 1 aliphatic rings. The van der Waals surface area contributed by atoms with Crippen molar-refractivity contribution < 1.29 is 14.3 Å². The van der Waals surface area contributed by atoms with E-state index < -0.39 is 0 Å². The molecule has 1 saturated heterocycles. The van der Waals surface area contributed by atoms with Crippen LogP contribution in [0.25, 0.3) is 0 Å². The van der Waals surface area contributed by atoms with E-state index in [1.807, 2.05) is 6.92 Å². The minimum absolute atomic E-state index is 0.0219. The number of hydrogen-bond acceptors (Lipinski definition) is 4. The normalized spacial score (nSPS) is 15.8. The van der Waals surface area contributed by atoms with Crippen molar-refractivity contribution in [3.8, 4) is 0 Å². The molecule has 6 heteroatoms. The van der Waals surface area contributed by atoms with Crippen LogP contribution in [0.4, 0.5) is 0 Å². The summed E-state index contributed by atoms with van der Waals surface area (Å²) in [6.45, 7) is 6.61. The van der Waals surface area contributed by atoms with Crippen molar-refractivity contribution in [3.63, 3.8) is 0 Å². The topological polar surface area (TPSA) is 58.6 Å². The third-order valence-corrected chi connectivity index (χ3v) is 4.96. The summed E-state index contributed by atoms with van der Waals surface area (Å²) in [6, 6.07) is 8.24. The first-order valence-electron chi connectivity index (χ1n) is 8.39. The molecule has 0 radical (unpaired) electrons. The molecule has 24 heavy (non-hydrogen) atoms. The van der Waals surface area contributed by atoms with Gasteiger partial charge in [0, 0.05) is 13.1 Å². The summed E-state index contributed by atoms with van der Waals surface area (Å²) in [4.78, 5) is 26.0. The van der Waals surface area contributed by atoms with E-state index >= 15 is 0 Å². The van der Waals surface area contributed by atoms with Crippen LogP contribution >= 0.6 is 11.8 Å². The predicted molar refractivity (Wildman–Crippen MR) is 97.1 cm³/mol. The zero-order chi connectivity index (χ0) is 17.4. The fraction of sp³-hybridized carbons (Fsp3) is 0.556. The van der Waals surface area contributed by atoms with Gasteiger partial charge < -0.3 is 15.0 Å². The first-order valence-corrected chi connectivity index (χ1v) is 9.54. The van der Waals surface area contributed by atoms with Crippen molar-refractivity contribution >= 4 is 23.6 Å². The van der Waals surface area contributed by atoms with Gasteiger partial charge in [-0.3, -0.25) is 9.59 Å². The molecule has 0 aliphatic carbocycles. The van der Waals surface area contributed by atoms with Crippen molar-refractivity contribution in [2.75, 3.05) is 37.8 Å². The highest BCUT2D eigenvalue weighted by Gasteiger charge is 2.18. The van der Waals surface area contributed by atoms with Gasteiger partial charge >= 0.3 is 0 Å². The quantitative estimate of drug-likeness (QED) is 0.819. The number of ether oxygens (including phenoxy) is 1. The van der Waals surface area contributed by atoms with Gasteiger partial charge in [-0.05, 0) is 18.9 Å². The van der Waals surface area contributed by atoms with E-state index in [1.54, 1.807) is 4.90 Å². The summed E-state index contributed by atoms with van der Waals surface area (Å²) >= 11 is 1.37. The molecule has 1 fully saturated rings. The van der Waals surface area contributed by atoms with E-state index in [0.29, 0.717) is 37.8 Å². The highest BCUT2D eigenvalue weighted by molar-refractivity contribution is 8.00. The highest BCUT2D eigenvalue weighted by atomic mass is 32.2. The van der Waals surface area contributed by atoms with Crippen LogP contribution in [0.5, 0.6) is 0 Å². The molecule has 0 spiro atoms. The third-order valence-electron chi connectivity index (χ3n) is 4.05. The Morgan fingerprint density at radius 2 is 1.88 bits per heavy atom. The molecular formula is C18H26N2O3S. The average Bonchev–Trinajstić information content (AvgIpc) is 2.61. The SMILES string of the molecule is CC[C@@H](NC(=O)CSCC(=O)N1CCOCC1)c1ccc(C)cc1. The molecular weight excluding hydrogens is 324 g/mol. The van der Waals surface area contributed by atoms with Crippen LogP contribution in [-0.2, 0) is 14.3 Å². The molecule has 1 heterocycles. The maximum Gasteiger partial charge on any atom is 0.232 e. The Morgan fingerprint density at radius 1 is 1.21 bits per heavy atom. The number of thioether (sulfide) groups is 1. The molecule has 1 N–H and O–H groups in total. The summed E-state index contributed by atoms with van der Waals surface area (Å²) in [5, 5.41) is 3.05. The van der Waals surface area contributed by atoms with Gasteiger partial charge in [0.25, 0.3) is 0 Å².